The molecule has 6 nitrogen and oxygen atoms in total. The second-order valence-electron chi connectivity index (χ2n) is 12.1. The van der Waals surface area contributed by atoms with Gasteiger partial charge in [0, 0.05) is 38.9 Å². The van der Waals surface area contributed by atoms with Gasteiger partial charge in [0.05, 0.1) is 37.6 Å². The van der Waals surface area contributed by atoms with Crippen LogP contribution in [0.5, 0.6) is 0 Å². The molecule has 0 bridgehead atoms. The van der Waals surface area contributed by atoms with Crippen LogP contribution in [0.15, 0.2) is 109 Å². The van der Waals surface area contributed by atoms with Crippen LogP contribution < -0.4 is 4.90 Å². The molecule has 0 unspecified atom stereocenters. The summed E-state index contributed by atoms with van der Waals surface area (Å²) < 4.78 is 61.0. The molecule has 0 saturated carbocycles. The van der Waals surface area contributed by atoms with Gasteiger partial charge in [-0.3, -0.25) is 4.90 Å². The van der Waals surface area contributed by atoms with E-state index in [4.69, 9.17) is 14.2 Å². The molecular weight excluding hydrogens is 591 g/mol. The van der Waals surface area contributed by atoms with Gasteiger partial charge in [-0.05, 0) is 41.2 Å². The third-order valence-corrected chi connectivity index (χ3v) is 8.70. The Kier molecular flexibility index (Phi) is 10.7. The van der Waals surface area contributed by atoms with Gasteiger partial charge in [0.1, 0.15) is 11.9 Å². The Morgan fingerprint density at radius 1 is 0.652 bits per heavy atom. The number of piperidine rings is 1. The molecule has 0 radical (unpaired) electrons. The largest absolute Gasteiger partial charge is 0.419 e. The van der Waals surface area contributed by atoms with Crippen molar-refractivity contribution in [1.82, 2.24) is 9.88 Å². The van der Waals surface area contributed by atoms with Gasteiger partial charge in [0.15, 0.2) is 0 Å². The molecule has 3 heterocycles. The van der Waals surface area contributed by atoms with E-state index in [9.17, 15) is 13.2 Å². The van der Waals surface area contributed by atoms with Gasteiger partial charge < -0.3 is 19.1 Å². The van der Waals surface area contributed by atoms with E-state index in [1.165, 1.54) is 12.3 Å². The van der Waals surface area contributed by atoms with Crippen molar-refractivity contribution in [3.63, 3.8) is 0 Å². The summed E-state index contributed by atoms with van der Waals surface area (Å²) in [6.45, 7) is 4.33. The third kappa shape index (κ3) is 8.53. The highest BCUT2D eigenvalue weighted by atomic mass is 19.4. The summed E-state index contributed by atoms with van der Waals surface area (Å²) in [7, 11) is 0. The predicted molar refractivity (Wildman–Crippen MR) is 171 cm³/mol. The van der Waals surface area contributed by atoms with Crippen LogP contribution in [0, 0.1) is 5.92 Å². The number of halogens is 3. The minimum atomic E-state index is -4.45. The number of aromatic nitrogens is 1. The van der Waals surface area contributed by atoms with E-state index >= 15 is 0 Å². The fraction of sp³-hybridized carbons (Fsp3) is 0.378. The van der Waals surface area contributed by atoms with Crippen LogP contribution in [0.3, 0.4) is 0 Å². The van der Waals surface area contributed by atoms with Crippen LogP contribution in [0.4, 0.5) is 19.0 Å². The van der Waals surface area contributed by atoms with Crippen molar-refractivity contribution < 1.29 is 27.4 Å². The summed E-state index contributed by atoms with van der Waals surface area (Å²) in [5.74, 6) is 0.188. The van der Waals surface area contributed by atoms with Gasteiger partial charge in [0.25, 0.3) is 0 Å². The minimum absolute atomic E-state index is 0.0127. The van der Waals surface area contributed by atoms with E-state index in [0.29, 0.717) is 52.5 Å². The van der Waals surface area contributed by atoms with Crippen LogP contribution in [-0.4, -0.2) is 60.9 Å². The summed E-state index contributed by atoms with van der Waals surface area (Å²) >= 11 is 0. The Balaban J connectivity index is 1.19. The maximum atomic E-state index is 13.7. The second kappa shape index (κ2) is 15.2. The third-order valence-electron chi connectivity index (χ3n) is 8.70. The maximum Gasteiger partial charge on any atom is 0.419 e. The molecule has 9 heteroatoms. The number of alkyl halides is 3. The zero-order valence-corrected chi connectivity index (χ0v) is 25.8. The molecule has 4 aromatic rings. The van der Waals surface area contributed by atoms with Gasteiger partial charge in [-0.2, -0.15) is 13.2 Å². The normalized spacial score (nSPS) is 21.1. The first-order valence-electron chi connectivity index (χ1n) is 15.9. The Morgan fingerprint density at radius 2 is 1.17 bits per heavy atom. The zero-order chi connectivity index (χ0) is 31.8. The summed E-state index contributed by atoms with van der Waals surface area (Å²) in [6, 6.07) is 32.7. The van der Waals surface area contributed by atoms with E-state index < -0.39 is 11.7 Å². The number of rotatable bonds is 12. The number of hydrogen-bond acceptors (Lipinski definition) is 6. The molecule has 242 valence electrons. The molecule has 0 aliphatic carbocycles. The van der Waals surface area contributed by atoms with Crippen molar-refractivity contribution >= 4 is 5.82 Å². The molecule has 6 rings (SSSR count). The van der Waals surface area contributed by atoms with Crippen LogP contribution in [0.1, 0.15) is 28.7 Å². The first-order chi connectivity index (χ1) is 22.4. The van der Waals surface area contributed by atoms with Crippen LogP contribution in [0.2, 0.25) is 0 Å². The van der Waals surface area contributed by atoms with Crippen molar-refractivity contribution in [2.45, 2.75) is 50.7 Å². The van der Waals surface area contributed by atoms with Crippen molar-refractivity contribution in [1.29, 1.82) is 0 Å². The quantitative estimate of drug-likeness (QED) is 0.168. The molecule has 2 fully saturated rings. The van der Waals surface area contributed by atoms with Gasteiger partial charge in [0.2, 0.25) is 0 Å². The average Bonchev–Trinajstić information content (AvgIpc) is 3.55. The molecule has 46 heavy (non-hydrogen) atoms. The standard InChI is InChI=1S/C37H40F3N3O3/c38-37(39,40)32-17-10-19-41-36(32)43-20-18-31(22-43)21-42-23-33(44-25-28-11-4-1-5-12-28)35(46-27-30-15-8-3-9-16-30)34(24-42)45-26-29-13-6-2-7-14-29/h1-17,19,31,33-35H,18,20-27H2/t31-,33-,34-/m1/s1. The highest BCUT2D eigenvalue weighted by Crippen LogP contribution is 2.37. The molecule has 0 N–H and O–H groups in total. The molecule has 3 atom stereocenters. The summed E-state index contributed by atoms with van der Waals surface area (Å²) in [4.78, 5) is 8.24. The number of benzene rings is 3. The van der Waals surface area contributed by atoms with Gasteiger partial charge >= 0.3 is 6.18 Å². The monoisotopic (exact) mass is 631 g/mol. The Hall–Kier alpha value is -3.76. The smallest absolute Gasteiger partial charge is 0.369 e. The fourth-order valence-corrected chi connectivity index (χ4v) is 6.42. The van der Waals surface area contributed by atoms with Crippen LogP contribution in [0.25, 0.3) is 0 Å². The maximum absolute atomic E-state index is 13.7. The number of ether oxygens (including phenoxy) is 3. The molecule has 1 aromatic heterocycles. The zero-order valence-electron chi connectivity index (χ0n) is 25.8. The van der Waals surface area contributed by atoms with E-state index in [1.54, 1.807) is 4.90 Å². The van der Waals surface area contributed by atoms with E-state index in [-0.39, 0.29) is 30.0 Å². The molecular formula is C37H40F3N3O3. The Bertz CT molecular complexity index is 1440. The topological polar surface area (TPSA) is 47.1 Å². The van der Waals surface area contributed by atoms with Gasteiger partial charge in [-0.1, -0.05) is 91.0 Å². The first kappa shape index (κ1) is 32.2. The second-order valence-corrected chi connectivity index (χ2v) is 12.1. The van der Waals surface area contributed by atoms with Crippen molar-refractivity contribution in [2.75, 3.05) is 37.6 Å². The molecule has 2 aliphatic heterocycles. The lowest BCUT2D eigenvalue weighted by atomic mass is 9.98. The van der Waals surface area contributed by atoms with Crippen LogP contribution >= 0.6 is 0 Å². The van der Waals surface area contributed by atoms with E-state index in [1.807, 2.05) is 91.0 Å². The summed E-state index contributed by atoms with van der Waals surface area (Å²) in [5, 5.41) is 0. The number of nitrogens with zero attached hydrogens (tertiary/aromatic N) is 3. The molecule has 2 saturated heterocycles. The first-order valence-corrected chi connectivity index (χ1v) is 15.9. The average molecular weight is 632 g/mol. The predicted octanol–water partition coefficient (Wildman–Crippen LogP) is 7.00. The molecule has 3 aromatic carbocycles. The number of pyridine rings is 1. The van der Waals surface area contributed by atoms with E-state index in [2.05, 4.69) is 9.88 Å². The van der Waals surface area contributed by atoms with Gasteiger partial charge in [-0.25, -0.2) is 4.98 Å². The molecule has 2 aliphatic rings. The van der Waals surface area contributed by atoms with Crippen molar-refractivity contribution in [2.24, 2.45) is 5.92 Å². The Morgan fingerprint density at radius 3 is 1.70 bits per heavy atom. The molecule has 0 amide bonds. The van der Waals surface area contributed by atoms with Crippen molar-refractivity contribution in [3.8, 4) is 0 Å². The van der Waals surface area contributed by atoms with Crippen LogP contribution in [-0.2, 0) is 40.2 Å². The number of hydrogen-bond donors (Lipinski definition) is 0. The lowest BCUT2D eigenvalue weighted by Gasteiger charge is -2.44. The fourth-order valence-electron chi connectivity index (χ4n) is 6.42. The lowest BCUT2D eigenvalue weighted by Crippen LogP contribution is -2.58. The summed E-state index contributed by atoms with van der Waals surface area (Å²) in [5.41, 5.74) is 2.54. The Labute approximate surface area is 268 Å². The van der Waals surface area contributed by atoms with Gasteiger partial charge in [-0.15, -0.1) is 0 Å². The SMILES string of the molecule is FC(F)(F)c1cccnc1N1CC[C@H](CN2C[C@@H](OCc3ccccc3)C(OCc3ccccc3)[C@H](OCc3ccccc3)C2)C1. The number of anilines is 1. The number of likely N-dealkylation sites (tertiary alicyclic amines) is 1. The highest BCUT2D eigenvalue weighted by molar-refractivity contribution is 5.49. The molecule has 0 spiro atoms. The minimum Gasteiger partial charge on any atom is -0.369 e. The van der Waals surface area contributed by atoms with Crippen molar-refractivity contribution in [3.05, 3.63) is 132 Å². The lowest BCUT2D eigenvalue weighted by molar-refractivity contribution is -0.185. The highest BCUT2D eigenvalue weighted by Gasteiger charge is 2.41. The van der Waals surface area contributed by atoms with E-state index in [0.717, 1.165) is 29.2 Å². The summed E-state index contributed by atoms with van der Waals surface area (Å²) in [6.07, 6.45) is -3.10.